The molecule has 0 spiro atoms. The van der Waals surface area contributed by atoms with Crippen molar-refractivity contribution in [2.75, 3.05) is 34.9 Å². The van der Waals surface area contributed by atoms with E-state index in [-0.39, 0.29) is 42.7 Å². The number of carbonyl (C=O) groups excluding carboxylic acids is 2. The minimum atomic E-state index is -0.613. The van der Waals surface area contributed by atoms with Crippen LogP contribution in [-0.4, -0.2) is 56.6 Å². The number of aromatic nitrogens is 1. The van der Waals surface area contributed by atoms with Crippen LogP contribution in [0.2, 0.25) is 0 Å². The zero-order valence-electron chi connectivity index (χ0n) is 24.3. The summed E-state index contributed by atoms with van der Waals surface area (Å²) in [5.74, 6) is 0.353. The molecule has 4 aromatic rings. The molecule has 4 rings (SSSR count). The normalized spacial score (nSPS) is 10.4. The summed E-state index contributed by atoms with van der Waals surface area (Å²) >= 11 is 0. The first-order chi connectivity index (χ1) is 19.9. The quantitative estimate of drug-likeness (QED) is 0.151. The molecular weight excluding hydrogens is 520 g/mol. The van der Waals surface area contributed by atoms with Crippen LogP contribution in [0.3, 0.4) is 0 Å². The minimum absolute atomic E-state index is 0.0831. The van der Waals surface area contributed by atoms with Gasteiger partial charge in [-0.2, -0.15) is 0 Å². The molecular formula is C33H38N2O6. The Bertz CT molecular complexity index is 1360. The third-order valence-electron chi connectivity index (χ3n) is 5.64. The highest BCUT2D eigenvalue weighted by atomic mass is 16.5. The summed E-state index contributed by atoms with van der Waals surface area (Å²) in [7, 11) is 7.57. The van der Waals surface area contributed by atoms with Crippen molar-refractivity contribution in [3.05, 3.63) is 107 Å². The molecule has 0 saturated carbocycles. The van der Waals surface area contributed by atoms with E-state index in [9.17, 15) is 9.59 Å². The number of esters is 1. The molecule has 0 bridgehead atoms. The molecule has 0 aliphatic rings. The predicted octanol–water partition coefficient (Wildman–Crippen LogP) is 6.20. The first-order valence-electron chi connectivity index (χ1n) is 13.4. The first kappa shape index (κ1) is 31.0. The van der Waals surface area contributed by atoms with Gasteiger partial charge in [0.1, 0.15) is 24.7 Å². The van der Waals surface area contributed by atoms with Gasteiger partial charge in [0, 0.05) is 5.69 Å². The van der Waals surface area contributed by atoms with Crippen molar-refractivity contribution in [3.63, 3.8) is 0 Å². The van der Waals surface area contributed by atoms with Crippen LogP contribution in [0.4, 0.5) is 0 Å². The summed E-state index contributed by atoms with van der Waals surface area (Å²) in [5, 5.41) is 0. The van der Waals surface area contributed by atoms with Crippen LogP contribution >= 0.6 is 0 Å². The Kier molecular flexibility index (Phi) is 12.0. The van der Waals surface area contributed by atoms with E-state index in [1.807, 2.05) is 93.6 Å². The highest BCUT2D eigenvalue weighted by Gasteiger charge is 2.32. The maximum atomic E-state index is 13.4. The molecule has 0 N–H and O–H groups in total. The van der Waals surface area contributed by atoms with Crippen molar-refractivity contribution >= 4 is 12.3 Å². The molecule has 0 radical (unpaired) electrons. The Morgan fingerprint density at radius 2 is 1.32 bits per heavy atom. The molecule has 0 aliphatic heterocycles. The van der Waals surface area contributed by atoms with E-state index in [0.29, 0.717) is 24.1 Å². The van der Waals surface area contributed by atoms with Crippen LogP contribution < -0.4 is 14.2 Å². The predicted molar refractivity (Wildman–Crippen MR) is 159 cm³/mol. The molecule has 216 valence electrons. The van der Waals surface area contributed by atoms with Crippen molar-refractivity contribution in [1.82, 2.24) is 9.47 Å². The van der Waals surface area contributed by atoms with Gasteiger partial charge in [0.05, 0.1) is 13.7 Å². The number of hydrogen-bond acceptors (Lipinski definition) is 7. The van der Waals surface area contributed by atoms with Gasteiger partial charge in [0.25, 0.3) is 0 Å². The monoisotopic (exact) mass is 558 g/mol. The third kappa shape index (κ3) is 8.71. The van der Waals surface area contributed by atoms with Crippen LogP contribution in [0.15, 0.2) is 84.9 Å². The molecule has 0 fully saturated rings. The molecule has 0 atom stereocenters. The molecule has 0 saturated heterocycles. The Hall–Kier alpha value is -4.56. The summed E-state index contributed by atoms with van der Waals surface area (Å²) < 4.78 is 24.7. The molecule has 0 unspecified atom stereocenters. The van der Waals surface area contributed by atoms with Gasteiger partial charge in [-0.25, -0.2) is 4.79 Å². The fraction of sp³-hybridized carbons (Fsp3) is 0.273. The van der Waals surface area contributed by atoms with E-state index < -0.39 is 5.97 Å². The lowest BCUT2D eigenvalue weighted by Gasteiger charge is -2.13. The van der Waals surface area contributed by atoms with Gasteiger partial charge >= 0.3 is 5.97 Å². The van der Waals surface area contributed by atoms with E-state index in [0.717, 1.165) is 11.1 Å². The van der Waals surface area contributed by atoms with E-state index in [4.69, 9.17) is 18.9 Å². The minimum Gasteiger partial charge on any atom is -0.497 e. The zero-order chi connectivity index (χ0) is 29.6. The standard InChI is InChI=1S/C30H29NO6.C3H9N/c1-3-18-35-30(33)27-29(37-21-23-12-8-5-9-13-23)28(36-20-22-10-6-4-7-11-22)26(19-32)31(27)24-14-16-25(34-2)17-15-24;1-4(2)3/h4-17,19H,3,18,20-21H2,1-2H3;1-3H3. The molecule has 41 heavy (non-hydrogen) atoms. The number of carbonyl (C=O) groups is 2. The zero-order valence-corrected chi connectivity index (χ0v) is 24.3. The van der Waals surface area contributed by atoms with Crippen LogP contribution in [-0.2, 0) is 18.0 Å². The number of aldehydes is 1. The average molecular weight is 559 g/mol. The molecule has 1 heterocycles. The smallest absolute Gasteiger partial charge is 0.359 e. The van der Waals surface area contributed by atoms with E-state index in [1.54, 1.807) is 31.4 Å². The molecule has 3 aromatic carbocycles. The molecule has 1 aromatic heterocycles. The fourth-order valence-electron chi connectivity index (χ4n) is 3.83. The number of hydrogen-bond donors (Lipinski definition) is 0. The number of rotatable bonds is 12. The van der Waals surface area contributed by atoms with Crippen molar-refractivity contribution < 1.29 is 28.5 Å². The van der Waals surface area contributed by atoms with Crippen molar-refractivity contribution in [1.29, 1.82) is 0 Å². The summed E-state index contributed by atoms with van der Waals surface area (Å²) in [4.78, 5) is 27.9. The Labute approximate surface area is 242 Å². The van der Waals surface area contributed by atoms with Crippen molar-refractivity contribution in [2.24, 2.45) is 0 Å². The maximum Gasteiger partial charge on any atom is 0.359 e. The number of methoxy groups -OCH3 is 1. The second-order valence-corrected chi connectivity index (χ2v) is 9.57. The van der Waals surface area contributed by atoms with Gasteiger partial charge in [-0.15, -0.1) is 0 Å². The lowest BCUT2D eigenvalue weighted by atomic mass is 10.2. The summed E-state index contributed by atoms with van der Waals surface area (Å²) in [6, 6.07) is 26.1. The lowest BCUT2D eigenvalue weighted by molar-refractivity contribution is 0.0490. The summed E-state index contributed by atoms with van der Waals surface area (Å²) in [6.07, 6.45) is 1.31. The molecule has 0 amide bonds. The van der Waals surface area contributed by atoms with Crippen LogP contribution in [0, 0.1) is 0 Å². The van der Waals surface area contributed by atoms with Gasteiger partial charge < -0.3 is 23.8 Å². The lowest BCUT2D eigenvalue weighted by Crippen LogP contribution is -2.14. The van der Waals surface area contributed by atoms with E-state index in [2.05, 4.69) is 0 Å². The van der Waals surface area contributed by atoms with Gasteiger partial charge in [-0.05, 0) is 63.0 Å². The van der Waals surface area contributed by atoms with E-state index >= 15 is 0 Å². The Balaban J connectivity index is 0.00000108. The third-order valence-corrected chi connectivity index (χ3v) is 5.64. The van der Waals surface area contributed by atoms with Gasteiger partial charge in [-0.3, -0.25) is 9.36 Å². The van der Waals surface area contributed by atoms with Gasteiger partial charge in [-0.1, -0.05) is 67.6 Å². The largest absolute Gasteiger partial charge is 0.497 e. The average Bonchev–Trinajstić information content (AvgIpc) is 3.31. The molecule has 0 aliphatic carbocycles. The summed E-state index contributed by atoms with van der Waals surface area (Å²) in [5.41, 5.74) is 2.59. The maximum absolute atomic E-state index is 13.4. The highest BCUT2D eigenvalue weighted by molar-refractivity contribution is 5.97. The van der Waals surface area contributed by atoms with Crippen LogP contribution in [0.25, 0.3) is 5.69 Å². The summed E-state index contributed by atoms with van der Waals surface area (Å²) in [6.45, 7) is 2.48. The van der Waals surface area contributed by atoms with Gasteiger partial charge in [0.15, 0.2) is 23.5 Å². The topological polar surface area (TPSA) is 79.2 Å². The first-order valence-corrected chi connectivity index (χ1v) is 13.4. The van der Waals surface area contributed by atoms with Crippen LogP contribution in [0.5, 0.6) is 17.2 Å². The number of ether oxygens (including phenoxy) is 4. The van der Waals surface area contributed by atoms with Gasteiger partial charge in [0.2, 0.25) is 0 Å². The highest BCUT2D eigenvalue weighted by Crippen LogP contribution is 2.41. The molecule has 8 heteroatoms. The second kappa shape index (κ2) is 15.9. The van der Waals surface area contributed by atoms with Crippen molar-refractivity contribution in [2.45, 2.75) is 26.6 Å². The number of nitrogens with zero attached hydrogens (tertiary/aromatic N) is 2. The van der Waals surface area contributed by atoms with Crippen molar-refractivity contribution in [3.8, 4) is 22.9 Å². The molecule has 8 nitrogen and oxygen atoms in total. The second-order valence-electron chi connectivity index (χ2n) is 9.57. The Morgan fingerprint density at radius 1 is 0.805 bits per heavy atom. The van der Waals surface area contributed by atoms with Crippen LogP contribution in [0.1, 0.15) is 45.4 Å². The SMILES string of the molecule is CCCOC(=O)c1c(OCc2ccccc2)c(OCc2ccccc2)c(C=O)n1-c1ccc(OC)cc1.CN(C)C. The fourth-order valence-corrected chi connectivity index (χ4v) is 3.83. The van der Waals surface area contributed by atoms with E-state index in [1.165, 1.54) is 4.57 Å². The number of benzene rings is 3. The Morgan fingerprint density at radius 3 is 1.78 bits per heavy atom.